The molecule has 0 saturated heterocycles. The molecule has 0 aromatic heterocycles. The number of hydrogen-bond donors (Lipinski definition) is 0. The summed E-state index contributed by atoms with van der Waals surface area (Å²) < 4.78 is -0.562. The van der Waals surface area contributed by atoms with E-state index in [0.717, 1.165) is 19.3 Å². The molecule has 0 unspecified atom stereocenters. The molecular formula is C20H39Cl2NO2. The molecule has 0 aromatic carbocycles. The summed E-state index contributed by atoms with van der Waals surface area (Å²) in [6.07, 6.45) is 18.0. The van der Waals surface area contributed by atoms with Gasteiger partial charge in [0, 0.05) is 0 Å². The van der Waals surface area contributed by atoms with Gasteiger partial charge in [-0.3, -0.25) is 0 Å². The number of nitrogens with zero attached hydrogens (tertiary/aromatic N) is 1. The maximum absolute atomic E-state index is 11.1. The zero-order chi connectivity index (χ0) is 19.2. The van der Waals surface area contributed by atoms with Crippen molar-refractivity contribution in [2.45, 2.75) is 116 Å². The Morgan fingerprint density at radius 3 is 1.40 bits per heavy atom. The molecule has 0 rings (SSSR count). The maximum atomic E-state index is 11.1. The van der Waals surface area contributed by atoms with E-state index >= 15 is 0 Å². The van der Waals surface area contributed by atoms with Gasteiger partial charge in [0.25, 0.3) is 0 Å². The van der Waals surface area contributed by atoms with Crippen LogP contribution in [0.1, 0.15) is 111 Å². The second-order valence-corrected chi connectivity index (χ2v) is 9.12. The normalized spacial score (nSPS) is 12.5. The molecular weight excluding hydrogens is 357 g/mol. The standard InChI is InChI=1S/C20H39Cl2NO2/c1-4-5-6-7-8-9-10-11-12-13-14-15-16-17-18-23(21,22)20(2,3)19(24)25/h4-18H2,1-3H3. The van der Waals surface area contributed by atoms with Crippen LogP contribution in [0.15, 0.2) is 0 Å². The van der Waals surface area contributed by atoms with E-state index in [1.165, 1.54) is 84.5 Å². The van der Waals surface area contributed by atoms with Crippen molar-refractivity contribution in [3.63, 3.8) is 0 Å². The van der Waals surface area contributed by atoms with Gasteiger partial charge >= 0.3 is 0 Å². The fraction of sp³-hybridized carbons (Fsp3) is 0.950. The number of hydrogen-bond acceptors (Lipinski definition) is 2. The van der Waals surface area contributed by atoms with Crippen LogP contribution in [-0.2, 0) is 4.79 Å². The Labute approximate surface area is 165 Å². The number of rotatable bonds is 17. The van der Waals surface area contributed by atoms with Crippen LogP contribution in [-0.4, -0.2) is 21.6 Å². The number of quaternary nitrogens is 1. The van der Waals surface area contributed by atoms with Crippen LogP contribution in [0.3, 0.4) is 0 Å². The lowest BCUT2D eigenvalue weighted by Crippen LogP contribution is -2.59. The summed E-state index contributed by atoms with van der Waals surface area (Å²) >= 11 is 12.3. The predicted molar refractivity (Wildman–Crippen MR) is 106 cm³/mol. The van der Waals surface area contributed by atoms with Crippen LogP contribution in [0.5, 0.6) is 0 Å². The van der Waals surface area contributed by atoms with Gasteiger partial charge in [0.05, 0.1) is 0 Å². The molecule has 3 nitrogen and oxygen atoms in total. The first kappa shape index (κ1) is 25.0. The highest BCUT2D eigenvalue weighted by molar-refractivity contribution is 6.24. The van der Waals surface area contributed by atoms with Crippen molar-refractivity contribution in [3.8, 4) is 0 Å². The molecule has 0 heterocycles. The summed E-state index contributed by atoms with van der Waals surface area (Å²) in [7, 11) is 0. The lowest BCUT2D eigenvalue weighted by Gasteiger charge is -2.36. The molecule has 0 aromatic rings. The molecule has 0 saturated carbocycles. The largest absolute Gasteiger partial charge is 0.544 e. The second kappa shape index (κ2) is 14.1. The lowest BCUT2D eigenvalue weighted by atomic mass is 10.0. The third kappa shape index (κ3) is 11.4. The summed E-state index contributed by atoms with van der Waals surface area (Å²) in [6.45, 7) is 5.70. The molecule has 0 bridgehead atoms. The third-order valence-corrected chi connectivity index (χ3v) is 6.29. The quantitative estimate of drug-likeness (QED) is 0.219. The number of carboxylic acids is 1. The summed E-state index contributed by atoms with van der Waals surface area (Å²) in [5, 5.41) is 11.1. The second-order valence-electron chi connectivity index (χ2n) is 7.80. The Bertz CT molecular complexity index is 347. The fourth-order valence-electron chi connectivity index (χ4n) is 2.92. The number of carbonyl (C=O) groups excluding carboxylic acids is 1. The Hall–Kier alpha value is 0.01000. The van der Waals surface area contributed by atoms with Crippen LogP contribution in [0.25, 0.3) is 0 Å². The molecule has 0 spiro atoms. The Morgan fingerprint density at radius 2 is 1.08 bits per heavy atom. The highest BCUT2D eigenvalue weighted by Gasteiger charge is 2.44. The smallest absolute Gasteiger partial charge is 0.187 e. The summed E-state index contributed by atoms with van der Waals surface area (Å²) in [5.41, 5.74) is -1.29. The fourth-order valence-corrected chi connectivity index (χ4v) is 3.30. The molecule has 0 atom stereocenters. The van der Waals surface area contributed by atoms with Gasteiger partial charge in [-0.25, -0.2) is 0 Å². The van der Waals surface area contributed by atoms with Crippen molar-refractivity contribution >= 4 is 29.5 Å². The highest BCUT2D eigenvalue weighted by atomic mass is 35.5. The topological polar surface area (TPSA) is 40.1 Å². The maximum Gasteiger partial charge on any atom is 0.187 e. The summed E-state index contributed by atoms with van der Waals surface area (Å²) in [5.74, 6) is -1.22. The summed E-state index contributed by atoms with van der Waals surface area (Å²) in [4.78, 5) is 11.1. The van der Waals surface area contributed by atoms with Gasteiger partial charge in [0.1, 0.15) is 12.5 Å². The molecule has 5 heteroatoms. The van der Waals surface area contributed by atoms with Gasteiger partial charge in [-0.15, -0.1) is 3.52 Å². The average Bonchev–Trinajstić information content (AvgIpc) is 2.54. The minimum Gasteiger partial charge on any atom is -0.544 e. The van der Waals surface area contributed by atoms with E-state index in [1.54, 1.807) is 0 Å². The third-order valence-electron chi connectivity index (χ3n) is 5.11. The molecule has 0 N–H and O–H groups in total. The van der Waals surface area contributed by atoms with E-state index in [1.807, 2.05) is 0 Å². The number of carbonyl (C=O) groups is 1. The molecule has 0 fully saturated rings. The molecule has 25 heavy (non-hydrogen) atoms. The summed E-state index contributed by atoms with van der Waals surface area (Å²) in [6, 6.07) is 0. The van der Waals surface area contributed by atoms with E-state index in [-0.39, 0.29) is 0 Å². The predicted octanol–water partition coefficient (Wildman–Crippen LogP) is 6.12. The Balaban J connectivity index is 3.46. The van der Waals surface area contributed by atoms with Gasteiger partial charge in [-0.1, -0.05) is 84.0 Å². The SMILES string of the molecule is CCCCCCCCCCCCCCCC[N+](Cl)(Cl)C(C)(C)C(=O)[O-]. The van der Waals surface area contributed by atoms with E-state index < -0.39 is 15.0 Å². The van der Waals surface area contributed by atoms with Crippen LogP contribution in [0.4, 0.5) is 0 Å². The Kier molecular flexibility index (Phi) is 14.1. The monoisotopic (exact) mass is 395 g/mol. The number of aliphatic carboxylic acids is 1. The first-order valence-electron chi connectivity index (χ1n) is 10.2. The van der Waals surface area contributed by atoms with E-state index in [9.17, 15) is 9.90 Å². The van der Waals surface area contributed by atoms with Gasteiger partial charge in [0.15, 0.2) is 29.1 Å². The van der Waals surface area contributed by atoms with E-state index in [0.29, 0.717) is 6.54 Å². The van der Waals surface area contributed by atoms with E-state index in [2.05, 4.69) is 6.92 Å². The van der Waals surface area contributed by atoms with Crippen LogP contribution >= 0.6 is 23.6 Å². The van der Waals surface area contributed by atoms with Gasteiger partial charge < -0.3 is 9.90 Å². The number of halogens is 2. The zero-order valence-corrected chi connectivity index (χ0v) is 18.1. The van der Waals surface area contributed by atoms with Crippen molar-refractivity contribution in [3.05, 3.63) is 0 Å². The lowest BCUT2D eigenvalue weighted by molar-refractivity contribution is -0.745. The zero-order valence-electron chi connectivity index (χ0n) is 16.6. The van der Waals surface area contributed by atoms with Crippen molar-refractivity contribution < 1.29 is 13.4 Å². The van der Waals surface area contributed by atoms with Crippen LogP contribution in [0, 0.1) is 0 Å². The first-order chi connectivity index (χ1) is 11.8. The minimum absolute atomic E-state index is 0.433. The average molecular weight is 396 g/mol. The molecule has 0 aliphatic carbocycles. The van der Waals surface area contributed by atoms with Crippen LogP contribution in [0.2, 0.25) is 0 Å². The molecule has 0 aliphatic rings. The van der Waals surface area contributed by atoms with Gasteiger partial charge in [-0.2, -0.15) is 0 Å². The minimum atomic E-state index is -1.29. The van der Waals surface area contributed by atoms with Gasteiger partial charge in [-0.05, 0) is 26.7 Å². The Morgan fingerprint density at radius 1 is 0.760 bits per heavy atom. The van der Waals surface area contributed by atoms with Crippen LogP contribution < -0.4 is 5.11 Å². The highest BCUT2D eigenvalue weighted by Crippen LogP contribution is 2.32. The molecule has 0 aliphatic heterocycles. The number of unbranched alkanes of at least 4 members (excludes halogenated alkanes) is 13. The van der Waals surface area contributed by atoms with Crippen molar-refractivity contribution in [1.82, 2.24) is 0 Å². The van der Waals surface area contributed by atoms with Crippen molar-refractivity contribution in [2.24, 2.45) is 0 Å². The van der Waals surface area contributed by atoms with Gasteiger partial charge in [0.2, 0.25) is 0 Å². The molecule has 0 amide bonds. The molecule has 0 radical (unpaired) electrons. The molecule has 150 valence electrons. The van der Waals surface area contributed by atoms with Crippen molar-refractivity contribution in [2.75, 3.05) is 6.54 Å². The first-order valence-corrected chi connectivity index (χ1v) is 10.9. The van der Waals surface area contributed by atoms with Crippen molar-refractivity contribution in [1.29, 1.82) is 0 Å². The van der Waals surface area contributed by atoms with E-state index in [4.69, 9.17) is 23.6 Å². The number of carboxylic acid groups (broad SMARTS) is 1.